The molecule has 1 aliphatic heterocycles. The first kappa shape index (κ1) is 22.7. The van der Waals surface area contributed by atoms with E-state index in [1.165, 1.54) is 0 Å². The molecule has 0 unspecified atom stereocenters. The monoisotopic (exact) mass is 549 g/mol. The minimum absolute atomic E-state index is 0.114. The van der Waals surface area contributed by atoms with Crippen molar-refractivity contribution in [2.45, 2.75) is 6.92 Å². The lowest BCUT2D eigenvalue weighted by molar-refractivity contribution is -0.113. The number of aryl methyl sites for hydroxylation is 1. The van der Waals surface area contributed by atoms with E-state index < -0.39 is 0 Å². The van der Waals surface area contributed by atoms with E-state index in [0.717, 1.165) is 32.5 Å². The van der Waals surface area contributed by atoms with Crippen molar-refractivity contribution < 1.29 is 9.21 Å². The standard InChI is InChI=1S/C28H18BrCl2NO2/c1-17-13-21(29)8-11-25(17)32-26(18-5-3-2-4-6-18)16-20(28(32)33)14-22-9-12-27(34-22)19-7-10-23(30)24(31)15-19/h2-16H,1H3/b20-14-. The molecule has 3 nitrogen and oxygen atoms in total. The molecule has 6 heteroatoms. The Hall–Kier alpha value is -3.05. The lowest BCUT2D eigenvalue weighted by atomic mass is 10.1. The van der Waals surface area contributed by atoms with E-state index in [1.807, 2.05) is 79.7 Å². The third kappa shape index (κ3) is 4.37. The predicted octanol–water partition coefficient (Wildman–Crippen LogP) is 8.80. The fraction of sp³-hybridized carbons (Fsp3) is 0.0357. The van der Waals surface area contributed by atoms with Gasteiger partial charge in [0.2, 0.25) is 0 Å². The molecule has 0 saturated heterocycles. The Balaban J connectivity index is 1.55. The number of halogens is 3. The smallest absolute Gasteiger partial charge is 0.263 e. The van der Waals surface area contributed by atoms with Crippen LogP contribution in [0.25, 0.3) is 23.1 Å². The molecule has 1 aliphatic rings. The minimum Gasteiger partial charge on any atom is -0.457 e. The zero-order valence-electron chi connectivity index (χ0n) is 18.1. The number of carbonyl (C=O) groups excluding carboxylic acids is 1. The van der Waals surface area contributed by atoms with Gasteiger partial charge >= 0.3 is 0 Å². The molecule has 0 N–H and O–H groups in total. The van der Waals surface area contributed by atoms with E-state index in [4.69, 9.17) is 27.6 Å². The van der Waals surface area contributed by atoms with Crippen molar-refractivity contribution in [3.8, 4) is 11.3 Å². The lowest BCUT2D eigenvalue weighted by Gasteiger charge is -2.23. The number of anilines is 1. The average Bonchev–Trinajstić information content (AvgIpc) is 3.42. The van der Waals surface area contributed by atoms with Gasteiger partial charge in [-0.3, -0.25) is 9.69 Å². The molecule has 0 atom stereocenters. The van der Waals surface area contributed by atoms with Gasteiger partial charge in [-0.2, -0.15) is 0 Å². The molecule has 0 spiro atoms. The predicted molar refractivity (Wildman–Crippen MR) is 143 cm³/mol. The summed E-state index contributed by atoms with van der Waals surface area (Å²) in [5.41, 5.74) is 4.95. The second kappa shape index (κ2) is 9.30. The van der Waals surface area contributed by atoms with E-state index in [9.17, 15) is 4.79 Å². The molecule has 1 aromatic heterocycles. The summed E-state index contributed by atoms with van der Waals surface area (Å²) in [5.74, 6) is 1.10. The fourth-order valence-electron chi connectivity index (χ4n) is 3.93. The summed E-state index contributed by atoms with van der Waals surface area (Å²) in [5, 5.41) is 0.940. The summed E-state index contributed by atoms with van der Waals surface area (Å²) in [4.78, 5) is 15.4. The summed E-state index contributed by atoms with van der Waals surface area (Å²) in [6, 6.07) is 24.8. The third-order valence-electron chi connectivity index (χ3n) is 5.58. The molecule has 2 heterocycles. The number of hydrogen-bond acceptors (Lipinski definition) is 2. The van der Waals surface area contributed by atoms with Crippen molar-refractivity contribution in [2.24, 2.45) is 0 Å². The molecule has 0 bridgehead atoms. The van der Waals surface area contributed by atoms with Gasteiger partial charge in [0.05, 0.1) is 21.4 Å². The summed E-state index contributed by atoms with van der Waals surface area (Å²) >= 11 is 15.7. The second-order valence-electron chi connectivity index (χ2n) is 7.90. The van der Waals surface area contributed by atoms with Gasteiger partial charge in [0, 0.05) is 15.6 Å². The van der Waals surface area contributed by atoms with Crippen LogP contribution in [-0.4, -0.2) is 5.91 Å². The van der Waals surface area contributed by atoms with Gasteiger partial charge in [-0.05, 0) is 78.7 Å². The van der Waals surface area contributed by atoms with Crippen molar-refractivity contribution in [1.82, 2.24) is 0 Å². The molecule has 168 valence electrons. The van der Waals surface area contributed by atoms with Crippen LogP contribution in [0, 0.1) is 6.92 Å². The maximum atomic E-state index is 13.6. The molecule has 0 radical (unpaired) electrons. The molecule has 0 aliphatic carbocycles. The van der Waals surface area contributed by atoms with Gasteiger partial charge in [0.1, 0.15) is 11.5 Å². The Bertz CT molecular complexity index is 1470. The van der Waals surface area contributed by atoms with Crippen LogP contribution in [0.2, 0.25) is 10.0 Å². The first-order valence-electron chi connectivity index (χ1n) is 10.6. The van der Waals surface area contributed by atoms with E-state index in [0.29, 0.717) is 27.1 Å². The average molecular weight is 551 g/mol. The van der Waals surface area contributed by atoms with Gasteiger partial charge in [-0.25, -0.2) is 0 Å². The Labute approximate surface area is 216 Å². The molecule has 5 rings (SSSR count). The minimum atomic E-state index is -0.114. The zero-order chi connectivity index (χ0) is 23.8. The molecule has 1 amide bonds. The highest BCUT2D eigenvalue weighted by Crippen LogP contribution is 2.38. The Kier molecular flexibility index (Phi) is 6.22. The van der Waals surface area contributed by atoms with Crippen LogP contribution in [0.3, 0.4) is 0 Å². The van der Waals surface area contributed by atoms with Gasteiger partial charge in [-0.15, -0.1) is 0 Å². The SMILES string of the molecule is Cc1cc(Br)ccc1N1C(=O)/C(=C\c2ccc(-c3ccc(Cl)c(Cl)c3)o2)C=C1c1ccccc1. The molecule has 34 heavy (non-hydrogen) atoms. The van der Waals surface area contributed by atoms with Crippen LogP contribution in [0.4, 0.5) is 5.69 Å². The number of amides is 1. The molecular formula is C28H18BrCl2NO2. The van der Waals surface area contributed by atoms with Crippen molar-refractivity contribution in [1.29, 1.82) is 0 Å². The summed E-state index contributed by atoms with van der Waals surface area (Å²) in [7, 11) is 0. The number of nitrogens with zero attached hydrogens (tertiary/aromatic N) is 1. The van der Waals surface area contributed by atoms with Gasteiger partial charge < -0.3 is 4.42 Å². The van der Waals surface area contributed by atoms with E-state index >= 15 is 0 Å². The zero-order valence-corrected chi connectivity index (χ0v) is 21.2. The molecule has 4 aromatic rings. The van der Waals surface area contributed by atoms with Crippen molar-refractivity contribution in [3.05, 3.63) is 122 Å². The number of hydrogen-bond donors (Lipinski definition) is 0. The Morgan fingerprint density at radius 2 is 1.68 bits per heavy atom. The maximum Gasteiger partial charge on any atom is 0.263 e. The fourth-order valence-corrected chi connectivity index (χ4v) is 4.71. The first-order valence-corrected chi connectivity index (χ1v) is 12.1. The Morgan fingerprint density at radius 1 is 0.882 bits per heavy atom. The molecule has 3 aromatic carbocycles. The van der Waals surface area contributed by atoms with Gasteiger partial charge in [0.25, 0.3) is 5.91 Å². The third-order valence-corrected chi connectivity index (χ3v) is 6.81. The van der Waals surface area contributed by atoms with Crippen LogP contribution in [0.15, 0.2) is 99.4 Å². The molecule has 0 fully saturated rings. The van der Waals surface area contributed by atoms with Crippen LogP contribution < -0.4 is 4.90 Å². The van der Waals surface area contributed by atoms with E-state index in [1.54, 1.807) is 23.1 Å². The van der Waals surface area contributed by atoms with Gasteiger partial charge in [0.15, 0.2) is 0 Å². The van der Waals surface area contributed by atoms with E-state index in [2.05, 4.69) is 15.9 Å². The second-order valence-corrected chi connectivity index (χ2v) is 9.63. The number of benzene rings is 3. The summed E-state index contributed by atoms with van der Waals surface area (Å²) in [6.45, 7) is 1.99. The number of carbonyl (C=O) groups is 1. The van der Waals surface area contributed by atoms with Crippen LogP contribution in [0.1, 0.15) is 16.9 Å². The van der Waals surface area contributed by atoms with Crippen molar-refractivity contribution >= 4 is 62.5 Å². The quantitative estimate of drug-likeness (QED) is 0.238. The number of furan rings is 1. The highest BCUT2D eigenvalue weighted by Gasteiger charge is 2.31. The topological polar surface area (TPSA) is 33.5 Å². The van der Waals surface area contributed by atoms with E-state index in [-0.39, 0.29) is 5.91 Å². The summed E-state index contributed by atoms with van der Waals surface area (Å²) < 4.78 is 6.98. The van der Waals surface area contributed by atoms with Crippen LogP contribution >= 0.6 is 39.1 Å². The van der Waals surface area contributed by atoms with Crippen molar-refractivity contribution in [3.63, 3.8) is 0 Å². The molecular weight excluding hydrogens is 533 g/mol. The Morgan fingerprint density at radius 3 is 2.41 bits per heavy atom. The number of rotatable bonds is 4. The lowest BCUT2D eigenvalue weighted by Crippen LogP contribution is -2.25. The summed E-state index contributed by atoms with van der Waals surface area (Å²) in [6.07, 6.45) is 3.67. The normalized spacial score (nSPS) is 14.7. The molecule has 0 saturated carbocycles. The van der Waals surface area contributed by atoms with Crippen molar-refractivity contribution in [2.75, 3.05) is 4.90 Å². The maximum absolute atomic E-state index is 13.6. The highest BCUT2D eigenvalue weighted by molar-refractivity contribution is 9.10. The van der Waals surface area contributed by atoms with Crippen LogP contribution in [-0.2, 0) is 4.79 Å². The van der Waals surface area contributed by atoms with Crippen LogP contribution in [0.5, 0.6) is 0 Å². The van der Waals surface area contributed by atoms with Gasteiger partial charge in [-0.1, -0.05) is 69.5 Å². The first-order chi connectivity index (χ1) is 16.4. The highest BCUT2D eigenvalue weighted by atomic mass is 79.9. The largest absolute Gasteiger partial charge is 0.457 e.